The normalized spacial score (nSPS) is 21.5. The first kappa shape index (κ1) is 15.5. The predicted molar refractivity (Wildman–Crippen MR) is 101 cm³/mol. The van der Waals surface area contributed by atoms with Gasteiger partial charge in [-0.2, -0.15) is 0 Å². The van der Waals surface area contributed by atoms with Crippen molar-refractivity contribution in [3.8, 4) is 5.69 Å². The number of aromatic nitrogens is 1. The molecule has 1 atom stereocenters. The van der Waals surface area contributed by atoms with Gasteiger partial charge in [0.1, 0.15) is 0 Å². The molecule has 24 heavy (non-hydrogen) atoms. The molecule has 1 aromatic heterocycles. The lowest BCUT2D eigenvalue weighted by Crippen LogP contribution is -2.26. The summed E-state index contributed by atoms with van der Waals surface area (Å²) in [7, 11) is 0. The molecule has 3 heteroatoms. The fraction of sp³-hybridized carbons (Fsp3) is 0.429. The van der Waals surface area contributed by atoms with E-state index < -0.39 is 0 Å². The first-order chi connectivity index (χ1) is 11.8. The second kappa shape index (κ2) is 6.86. The third kappa shape index (κ3) is 3.13. The molecular formula is C21H27N3. The summed E-state index contributed by atoms with van der Waals surface area (Å²) in [5.41, 5.74) is 3.98. The summed E-state index contributed by atoms with van der Waals surface area (Å²) in [6.45, 7) is 8.59. The van der Waals surface area contributed by atoms with Crippen LogP contribution in [0, 0.1) is 0 Å². The SMILES string of the molecule is C=CC1CCCN1Cc1ccn(-c2ccc(N3CCCC3)cc2)c1. The molecule has 0 saturated carbocycles. The largest absolute Gasteiger partial charge is 0.372 e. The Bertz CT molecular complexity index is 679. The van der Waals surface area contributed by atoms with Gasteiger partial charge in [0.15, 0.2) is 0 Å². The summed E-state index contributed by atoms with van der Waals surface area (Å²) < 4.78 is 2.24. The molecule has 2 aliphatic rings. The van der Waals surface area contributed by atoms with Crippen LogP contribution in [0.5, 0.6) is 0 Å². The number of hydrogen-bond acceptors (Lipinski definition) is 2. The van der Waals surface area contributed by atoms with Crippen LogP contribution in [0.25, 0.3) is 5.69 Å². The molecule has 2 aromatic rings. The summed E-state index contributed by atoms with van der Waals surface area (Å²) in [4.78, 5) is 5.01. The van der Waals surface area contributed by atoms with E-state index in [2.05, 4.69) is 69.7 Å². The maximum absolute atomic E-state index is 3.98. The van der Waals surface area contributed by atoms with Crippen molar-refractivity contribution in [3.63, 3.8) is 0 Å². The minimum Gasteiger partial charge on any atom is -0.372 e. The van der Waals surface area contributed by atoms with Crippen LogP contribution in [0.4, 0.5) is 5.69 Å². The molecule has 0 aliphatic carbocycles. The molecule has 126 valence electrons. The van der Waals surface area contributed by atoms with Crippen molar-refractivity contribution in [2.45, 2.75) is 38.3 Å². The van der Waals surface area contributed by atoms with Crippen LogP contribution in [0.3, 0.4) is 0 Å². The molecule has 0 N–H and O–H groups in total. The van der Waals surface area contributed by atoms with Crippen molar-refractivity contribution in [1.29, 1.82) is 0 Å². The van der Waals surface area contributed by atoms with Crippen molar-refractivity contribution in [2.24, 2.45) is 0 Å². The Balaban J connectivity index is 1.45. The van der Waals surface area contributed by atoms with Gasteiger partial charge in [-0.05, 0) is 68.1 Å². The first-order valence-corrected chi connectivity index (χ1v) is 9.22. The molecule has 4 rings (SSSR count). The van der Waals surface area contributed by atoms with Crippen LogP contribution in [0.2, 0.25) is 0 Å². The minimum absolute atomic E-state index is 0.549. The van der Waals surface area contributed by atoms with E-state index in [4.69, 9.17) is 0 Å². The van der Waals surface area contributed by atoms with E-state index in [1.807, 2.05) is 0 Å². The van der Waals surface area contributed by atoms with Crippen molar-refractivity contribution >= 4 is 5.69 Å². The highest BCUT2D eigenvalue weighted by Crippen LogP contribution is 2.24. The average molecular weight is 321 g/mol. The monoisotopic (exact) mass is 321 g/mol. The van der Waals surface area contributed by atoms with Crippen LogP contribution in [-0.2, 0) is 6.54 Å². The van der Waals surface area contributed by atoms with Crippen LogP contribution in [0.15, 0.2) is 55.4 Å². The van der Waals surface area contributed by atoms with E-state index in [9.17, 15) is 0 Å². The lowest BCUT2D eigenvalue weighted by atomic mass is 10.2. The second-order valence-corrected chi connectivity index (χ2v) is 7.05. The van der Waals surface area contributed by atoms with E-state index in [0.717, 1.165) is 6.54 Å². The lowest BCUT2D eigenvalue weighted by molar-refractivity contribution is 0.282. The van der Waals surface area contributed by atoms with Crippen molar-refractivity contribution < 1.29 is 0 Å². The lowest BCUT2D eigenvalue weighted by Gasteiger charge is -2.20. The van der Waals surface area contributed by atoms with Gasteiger partial charge >= 0.3 is 0 Å². The van der Waals surface area contributed by atoms with Crippen LogP contribution >= 0.6 is 0 Å². The maximum Gasteiger partial charge on any atom is 0.0450 e. The van der Waals surface area contributed by atoms with Crippen molar-refractivity contribution in [3.05, 3.63) is 60.9 Å². The highest BCUT2D eigenvalue weighted by molar-refractivity contribution is 5.51. The van der Waals surface area contributed by atoms with Crippen molar-refractivity contribution in [2.75, 3.05) is 24.5 Å². The number of hydrogen-bond donors (Lipinski definition) is 0. The van der Waals surface area contributed by atoms with Crippen LogP contribution in [-0.4, -0.2) is 35.1 Å². The topological polar surface area (TPSA) is 11.4 Å². The molecule has 3 nitrogen and oxygen atoms in total. The Hall–Kier alpha value is -2.00. The van der Waals surface area contributed by atoms with Crippen molar-refractivity contribution in [1.82, 2.24) is 9.47 Å². The summed E-state index contributed by atoms with van der Waals surface area (Å²) in [6, 6.07) is 11.8. The Labute approximate surface area is 145 Å². The molecule has 2 saturated heterocycles. The molecule has 2 aliphatic heterocycles. The van der Waals surface area contributed by atoms with Crippen LogP contribution < -0.4 is 4.90 Å². The first-order valence-electron chi connectivity index (χ1n) is 9.22. The van der Waals surface area contributed by atoms with Crippen LogP contribution in [0.1, 0.15) is 31.2 Å². The van der Waals surface area contributed by atoms with E-state index in [1.54, 1.807) is 0 Å². The third-order valence-electron chi connectivity index (χ3n) is 5.45. The van der Waals surface area contributed by atoms with Gasteiger partial charge in [-0.15, -0.1) is 6.58 Å². The predicted octanol–water partition coefficient (Wildman–Crippen LogP) is 4.23. The zero-order valence-electron chi connectivity index (χ0n) is 14.4. The number of benzene rings is 1. The highest BCUT2D eigenvalue weighted by Gasteiger charge is 2.21. The Kier molecular flexibility index (Phi) is 4.44. The van der Waals surface area contributed by atoms with E-state index in [-0.39, 0.29) is 0 Å². The zero-order valence-corrected chi connectivity index (χ0v) is 14.4. The zero-order chi connectivity index (χ0) is 16.4. The summed E-state index contributed by atoms with van der Waals surface area (Å²) in [6.07, 6.45) is 11.7. The van der Waals surface area contributed by atoms with Gasteiger partial charge in [0.25, 0.3) is 0 Å². The standard InChI is InChI=1S/C21H27N3/c1-2-19-6-5-14-23(19)16-18-11-15-24(17-18)21-9-7-20(8-10-21)22-12-3-4-13-22/h2,7-11,15,17,19H,1,3-6,12-14,16H2. The number of nitrogens with zero attached hydrogens (tertiary/aromatic N) is 3. The smallest absolute Gasteiger partial charge is 0.0450 e. The second-order valence-electron chi connectivity index (χ2n) is 7.05. The summed E-state index contributed by atoms with van der Waals surface area (Å²) >= 11 is 0. The van der Waals surface area contributed by atoms with E-state index in [1.165, 1.54) is 62.3 Å². The summed E-state index contributed by atoms with van der Waals surface area (Å²) in [5, 5.41) is 0. The Morgan fingerprint density at radius 1 is 0.958 bits per heavy atom. The molecule has 0 spiro atoms. The van der Waals surface area contributed by atoms with Gasteiger partial charge in [-0.25, -0.2) is 0 Å². The van der Waals surface area contributed by atoms with Gasteiger partial charge in [-0.1, -0.05) is 6.08 Å². The maximum atomic E-state index is 3.98. The minimum atomic E-state index is 0.549. The quantitative estimate of drug-likeness (QED) is 0.764. The number of anilines is 1. The highest BCUT2D eigenvalue weighted by atomic mass is 15.2. The Morgan fingerprint density at radius 3 is 2.46 bits per heavy atom. The Morgan fingerprint density at radius 2 is 1.71 bits per heavy atom. The molecule has 1 unspecified atom stereocenters. The fourth-order valence-electron chi connectivity index (χ4n) is 4.06. The molecule has 0 radical (unpaired) electrons. The third-order valence-corrected chi connectivity index (χ3v) is 5.45. The molecular weight excluding hydrogens is 294 g/mol. The van der Waals surface area contributed by atoms with Gasteiger partial charge in [0.05, 0.1) is 0 Å². The fourth-order valence-corrected chi connectivity index (χ4v) is 4.06. The number of likely N-dealkylation sites (tertiary alicyclic amines) is 1. The summed E-state index contributed by atoms with van der Waals surface area (Å²) in [5.74, 6) is 0. The van der Waals surface area contributed by atoms with E-state index >= 15 is 0 Å². The average Bonchev–Trinajstić information content (AvgIpc) is 3.37. The number of rotatable bonds is 5. The molecule has 1 aromatic carbocycles. The molecule has 0 amide bonds. The van der Waals surface area contributed by atoms with Gasteiger partial charge in [0, 0.05) is 49.4 Å². The molecule has 0 bridgehead atoms. The van der Waals surface area contributed by atoms with E-state index in [0.29, 0.717) is 6.04 Å². The van der Waals surface area contributed by atoms with Gasteiger partial charge in [0.2, 0.25) is 0 Å². The van der Waals surface area contributed by atoms with Gasteiger partial charge in [-0.3, -0.25) is 4.90 Å². The van der Waals surface area contributed by atoms with Gasteiger partial charge < -0.3 is 9.47 Å². The molecule has 2 fully saturated rings. The molecule has 3 heterocycles.